The second-order valence-corrected chi connectivity index (χ2v) is 6.14. The molecule has 0 aromatic carbocycles. The molecule has 0 aliphatic carbocycles. The van der Waals surface area contributed by atoms with Gasteiger partial charge in [-0.25, -0.2) is 0 Å². The highest BCUT2D eigenvalue weighted by molar-refractivity contribution is 5.92. The van der Waals surface area contributed by atoms with Crippen LogP contribution in [0.4, 0.5) is 0 Å². The molecule has 1 fully saturated rings. The molecule has 2 heterocycles. The van der Waals surface area contributed by atoms with E-state index in [4.69, 9.17) is 4.74 Å². The van der Waals surface area contributed by atoms with Crippen molar-refractivity contribution < 1.29 is 9.53 Å². The molecule has 118 valence electrons. The van der Waals surface area contributed by atoms with Crippen molar-refractivity contribution in [2.45, 2.75) is 45.8 Å². The Hall–Kier alpha value is -1.40. The molecule has 1 aliphatic rings. The number of morpholine rings is 1. The second kappa shape index (κ2) is 7.04. The number of ether oxygens (including phenoxy) is 1. The number of rotatable bonds is 5. The minimum Gasteiger partial charge on any atom is -0.373 e. The van der Waals surface area contributed by atoms with E-state index in [0.717, 1.165) is 25.3 Å². The van der Waals surface area contributed by atoms with Gasteiger partial charge in [0.25, 0.3) is 5.91 Å². The summed E-state index contributed by atoms with van der Waals surface area (Å²) in [6.07, 6.45) is 0.508. The van der Waals surface area contributed by atoms with Gasteiger partial charge in [-0.2, -0.15) is 5.10 Å². The minimum atomic E-state index is -0.118. The molecule has 2 atom stereocenters. The average molecular weight is 294 g/mol. The third-order valence-electron chi connectivity index (χ3n) is 3.66. The van der Waals surface area contributed by atoms with Crippen molar-refractivity contribution in [3.8, 4) is 0 Å². The molecular formula is C15H26N4O2. The van der Waals surface area contributed by atoms with Crippen molar-refractivity contribution in [2.24, 2.45) is 0 Å². The summed E-state index contributed by atoms with van der Waals surface area (Å²) in [4.78, 5) is 14.3. The molecule has 0 saturated carbocycles. The molecule has 1 amide bonds. The summed E-state index contributed by atoms with van der Waals surface area (Å²) in [5.74, 6) is 0.225. The zero-order valence-electron chi connectivity index (χ0n) is 13.3. The van der Waals surface area contributed by atoms with Gasteiger partial charge in [0.2, 0.25) is 0 Å². The van der Waals surface area contributed by atoms with Gasteiger partial charge in [0.15, 0.2) is 0 Å². The lowest BCUT2D eigenvalue weighted by Crippen LogP contribution is -2.47. The van der Waals surface area contributed by atoms with E-state index in [9.17, 15) is 4.79 Å². The topological polar surface area (TPSA) is 70.2 Å². The number of carbonyl (C=O) groups excluding carboxylic acids is 1. The van der Waals surface area contributed by atoms with Gasteiger partial charge in [0, 0.05) is 31.9 Å². The monoisotopic (exact) mass is 294 g/mol. The van der Waals surface area contributed by atoms with E-state index in [0.29, 0.717) is 18.2 Å². The zero-order chi connectivity index (χ0) is 15.4. The number of aromatic nitrogens is 2. The number of amides is 1. The highest BCUT2D eigenvalue weighted by atomic mass is 16.5. The Balaban J connectivity index is 1.76. The van der Waals surface area contributed by atoms with Crippen LogP contribution in [0.1, 0.15) is 49.8 Å². The maximum atomic E-state index is 12.0. The Bertz CT molecular complexity index is 462. The summed E-state index contributed by atoms with van der Waals surface area (Å²) >= 11 is 0. The quantitative estimate of drug-likeness (QED) is 0.860. The first-order valence-electron chi connectivity index (χ1n) is 7.67. The molecule has 2 N–H and O–H groups in total. The van der Waals surface area contributed by atoms with Gasteiger partial charge in [-0.3, -0.25) is 14.8 Å². The fourth-order valence-corrected chi connectivity index (χ4v) is 2.63. The molecule has 0 radical (unpaired) electrons. The summed E-state index contributed by atoms with van der Waals surface area (Å²) in [6.45, 7) is 11.6. The molecule has 1 aliphatic heterocycles. The molecule has 6 nitrogen and oxygen atoms in total. The maximum Gasteiger partial charge on any atom is 0.271 e. The zero-order valence-corrected chi connectivity index (χ0v) is 13.3. The van der Waals surface area contributed by atoms with Crippen LogP contribution in [-0.4, -0.2) is 59.4 Å². The molecule has 1 aromatic rings. The van der Waals surface area contributed by atoms with Gasteiger partial charge in [-0.15, -0.1) is 0 Å². The lowest BCUT2D eigenvalue weighted by atomic mass is 10.1. The second-order valence-electron chi connectivity index (χ2n) is 6.14. The summed E-state index contributed by atoms with van der Waals surface area (Å²) < 4.78 is 5.70. The van der Waals surface area contributed by atoms with Crippen LogP contribution in [-0.2, 0) is 4.74 Å². The SMILES string of the molecule is CC1CN(CCNC(=O)c2cc(C(C)C)[nH]n2)CC(C)O1. The van der Waals surface area contributed by atoms with Crippen molar-refractivity contribution in [3.05, 3.63) is 17.5 Å². The normalized spacial score (nSPS) is 23.5. The molecule has 2 rings (SSSR count). The van der Waals surface area contributed by atoms with Crippen LogP contribution >= 0.6 is 0 Å². The molecule has 0 bridgehead atoms. The number of nitrogens with one attached hydrogen (secondary N) is 2. The summed E-state index contributed by atoms with van der Waals surface area (Å²) in [6, 6.07) is 1.82. The van der Waals surface area contributed by atoms with Gasteiger partial charge in [0.05, 0.1) is 12.2 Å². The van der Waals surface area contributed by atoms with E-state index in [1.807, 2.05) is 6.07 Å². The van der Waals surface area contributed by atoms with Crippen molar-refractivity contribution in [1.82, 2.24) is 20.4 Å². The van der Waals surface area contributed by atoms with Crippen LogP contribution < -0.4 is 5.32 Å². The Morgan fingerprint density at radius 3 is 2.71 bits per heavy atom. The number of nitrogens with zero attached hydrogens (tertiary/aromatic N) is 2. The smallest absolute Gasteiger partial charge is 0.271 e. The van der Waals surface area contributed by atoms with Crippen LogP contribution in [0.2, 0.25) is 0 Å². The third kappa shape index (κ3) is 4.54. The van der Waals surface area contributed by atoms with Crippen LogP contribution in [0.3, 0.4) is 0 Å². The van der Waals surface area contributed by atoms with E-state index in [1.54, 1.807) is 0 Å². The number of hydrogen-bond acceptors (Lipinski definition) is 4. The third-order valence-corrected chi connectivity index (χ3v) is 3.66. The van der Waals surface area contributed by atoms with Crippen molar-refractivity contribution in [2.75, 3.05) is 26.2 Å². The largest absolute Gasteiger partial charge is 0.373 e. The van der Waals surface area contributed by atoms with E-state index in [2.05, 4.69) is 48.1 Å². The number of H-pyrrole nitrogens is 1. The molecule has 21 heavy (non-hydrogen) atoms. The van der Waals surface area contributed by atoms with Crippen molar-refractivity contribution in [1.29, 1.82) is 0 Å². The molecular weight excluding hydrogens is 268 g/mol. The molecule has 1 aromatic heterocycles. The fraction of sp³-hybridized carbons (Fsp3) is 0.733. The Morgan fingerprint density at radius 1 is 1.48 bits per heavy atom. The van der Waals surface area contributed by atoms with E-state index in [1.165, 1.54) is 0 Å². The maximum absolute atomic E-state index is 12.0. The van der Waals surface area contributed by atoms with Gasteiger partial charge >= 0.3 is 0 Å². The summed E-state index contributed by atoms with van der Waals surface area (Å²) in [5.41, 5.74) is 1.44. The average Bonchev–Trinajstić information content (AvgIpc) is 2.87. The van der Waals surface area contributed by atoms with E-state index < -0.39 is 0 Å². The molecule has 6 heteroatoms. The Morgan fingerprint density at radius 2 is 2.14 bits per heavy atom. The first-order chi connectivity index (χ1) is 9.95. The Kier molecular flexibility index (Phi) is 5.36. The van der Waals surface area contributed by atoms with Crippen LogP contribution in [0.15, 0.2) is 6.07 Å². The predicted molar refractivity (Wildman–Crippen MR) is 81.5 cm³/mol. The van der Waals surface area contributed by atoms with Gasteiger partial charge in [0.1, 0.15) is 5.69 Å². The highest BCUT2D eigenvalue weighted by Crippen LogP contribution is 2.12. The molecule has 1 saturated heterocycles. The van der Waals surface area contributed by atoms with Gasteiger partial charge < -0.3 is 10.1 Å². The van der Waals surface area contributed by atoms with Crippen molar-refractivity contribution in [3.63, 3.8) is 0 Å². The Labute approximate surface area is 126 Å². The predicted octanol–water partition coefficient (Wildman–Crippen LogP) is 1.37. The molecule has 0 spiro atoms. The summed E-state index contributed by atoms with van der Waals surface area (Å²) in [5, 5.41) is 9.88. The number of carbonyl (C=O) groups is 1. The van der Waals surface area contributed by atoms with Gasteiger partial charge in [-0.05, 0) is 25.8 Å². The lowest BCUT2D eigenvalue weighted by molar-refractivity contribution is -0.0672. The molecule has 2 unspecified atom stereocenters. The van der Waals surface area contributed by atoms with Crippen LogP contribution in [0.5, 0.6) is 0 Å². The number of aromatic amines is 1. The lowest BCUT2D eigenvalue weighted by Gasteiger charge is -2.35. The highest BCUT2D eigenvalue weighted by Gasteiger charge is 2.21. The van der Waals surface area contributed by atoms with Crippen molar-refractivity contribution >= 4 is 5.91 Å². The summed E-state index contributed by atoms with van der Waals surface area (Å²) in [7, 11) is 0. The standard InChI is InChI=1S/C15H26N4O2/c1-10(2)13-7-14(18-17-13)15(20)16-5-6-19-8-11(3)21-12(4)9-19/h7,10-12H,5-6,8-9H2,1-4H3,(H,16,20)(H,17,18). The number of hydrogen-bond donors (Lipinski definition) is 2. The van der Waals surface area contributed by atoms with Gasteiger partial charge in [-0.1, -0.05) is 13.8 Å². The minimum absolute atomic E-state index is 0.118. The fourth-order valence-electron chi connectivity index (χ4n) is 2.63. The van der Waals surface area contributed by atoms with Crippen LogP contribution in [0, 0.1) is 0 Å². The van der Waals surface area contributed by atoms with Crippen LogP contribution in [0.25, 0.3) is 0 Å². The first kappa shape index (κ1) is 16.0. The van der Waals surface area contributed by atoms with E-state index in [-0.39, 0.29) is 18.1 Å². The van der Waals surface area contributed by atoms with E-state index >= 15 is 0 Å². The first-order valence-corrected chi connectivity index (χ1v) is 7.67.